The minimum Gasteiger partial charge on any atom is -0.494 e. The lowest BCUT2D eigenvalue weighted by molar-refractivity contribution is 0.0946. The molecule has 8 heteroatoms. The standard InChI is InChI=1S/C21H27ClN2O4S/c1-4-15(5-2)14-23-21(25)19-13-18(11-12-20(19)22)29(26,27)24-16-7-9-17(10-8-16)28-6-3/h7-13,15,24H,4-6,14H2,1-3H3,(H,23,25). The number of hydrogen-bond acceptors (Lipinski definition) is 4. The van der Waals surface area contributed by atoms with Crippen LogP contribution in [0.2, 0.25) is 5.02 Å². The number of hydrogen-bond donors (Lipinski definition) is 2. The van der Waals surface area contributed by atoms with E-state index in [9.17, 15) is 13.2 Å². The Kier molecular flexibility index (Phi) is 8.34. The third kappa shape index (κ3) is 6.37. The molecule has 158 valence electrons. The molecule has 0 aromatic heterocycles. The largest absolute Gasteiger partial charge is 0.494 e. The van der Waals surface area contributed by atoms with E-state index in [-0.39, 0.29) is 21.4 Å². The second-order valence-electron chi connectivity index (χ2n) is 6.60. The number of nitrogens with one attached hydrogen (secondary N) is 2. The molecule has 0 fully saturated rings. The monoisotopic (exact) mass is 438 g/mol. The van der Waals surface area contributed by atoms with E-state index in [4.69, 9.17) is 16.3 Å². The quantitative estimate of drug-likeness (QED) is 0.562. The summed E-state index contributed by atoms with van der Waals surface area (Å²) in [4.78, 5) is 12.5. The fourth-order valence-electron chi connectivity index (χ4n) is 2.76. The van der Waals surface area contributed by atoms with E-state index in [1.807, 2.05) is 6.92 Å². The minimum absolute atomic E-state index is 0.0385. The van der Waals surface area contributed by atoms with Gasteiger partial charge in [0.05, 0.1) is 22.1 Å². The van der Waals surface area contributed by atoms with Crippen LogP contribution in [-0.2, 0) is 10.0 Å². The van der Waals surface area contributed by atoms with Crippen LogP contribution in [-0.4, -0.2) is 27.5 Å². The summed E-state index contributed by atoms with van der Waals surface area (Å²) >= 11 is 6.14. The van der Waals surface area contributed by atoms with Crippen molar-refractivity contribution in [1.29, 1.82) is 0 Å². The van der Waals surface area contributed by atoms with Gasteiger partial charge in [-0.25, -0.2) is 8.42 Å². The highest BCUT2D eigenvalue weighted by Crippen LogP contribution is 2.24. The van der Waals surface area contributed by atoms with Gasteiger partial charge in [-0.1, -0.05) is 38.3 Å². The molecule has 0 heterocycles. The number of carbonyl (C=O) groups is 1. The topological polar surface area (TPSA) is 84.5 Å². The van der Waals surface area contributed by atoms with Crippen molar-refractivity contribution in [1.82, 2.24) is 5.32 Å². The maximum atomic E-state index is 12.7. The molecule has 6 nitrogen and oxygen atoms in total. The van der Waals surface area contributed by atoms with Crippen molar-refractivity contribution in [2.45, 2.75) is 38.5 Å². The van der Waals surface area contributed by atoms with Gasteiger partial charge in [0.2, 0.25) is 0 Å². The van der Waals surface area contributed by atoms with Crippen LogP contribution in [0.1, 0.15) is 44.0 Å². The summed E-state index contributed by atoms with van der Waals surface area (Å²) in [5.41, 5.74) is 0.523. The van der Waals surface area contributed by atoms with Crippen LogP contribution >= 0.6 is 11.6 Å². The fraction of sp³-hybridized carbons (Fsp3) is 0.381. The Bertz CT molecular complexity index is 926. The third-order valence-electron chi connectivity index (χ3n) is 4.62. The van der Waals surface area contributed by atoms with Crippen LogP contribution in [0.4, 0.5) is 5.69 Å². The summed E-state index contributed by atoms with van der Waals surface area (Å²) in [7, 11) is -3.88. The Morgan fingerprint density at radius 1 is 1.07 bits per heavy atom. The molecular formula is C21H27ClN2O4S. The SMILES string of the molecule is CCOc1ccc(NS(=O)(=O)c2ccc(Cl)c(C(=O)NCC(CC)CC)c2)cc1. The van der Waals surface area contributed by atoms with Crippen molar-refractivity contribution in [3.8, 4) is 5.75 Å². The van der Waals surface area contributed by atoms with Gasteiger partial charge < -0.3 is 10.1 Å². The average Bonchev–Trinajstić information content (AvgIpc) is 2.70. The summed E-state index contributed by atoms with van der Waals surface area (Å²) in [6.07, 6.45) is 1.90. The van der Waals surface area contributed by atoms with Crippen molar-refractivity contribution in [3.05, 3.63) is 53.1 Å². The Hall–Kier alpha value is -2.25. The number of benzene rings is 2. The van der Waals surface area contributed by atoms with Gasteiger partial charge >= 0.3 is 0 Å². The van der Waals surface area contributed by atoms with E-state index in [0.717, 1.165) is 12.8 Å². The molecule has 0 aliphatic carbocycles. The van der Waals surface area contributed by atoms with E-state index >= 15 is 0 Å². The lowest BCUT2D eigenvalue weighted by atomic mass is 10.0. The molecule has 0 atom stereocenters. The molecule has 0 saturated carbocycles. The summed E-state index contributed by atoms with van der Waals surface area (Å²) < 4.78 is 33.3. The molecule has 0 bridgehead atoms. The van der Waals surface area contributed by atoms with Crippen molar-refractivity contribution in [3.63, 3.8) is 0 Å². The molecule has 0 aliphatic rings. The third-order valence-corrected chi connectivity index (χ3v) is 6.32. The predicted molar refractivity (Wildman–Crippen MR) is 116 cm³/mol. The van der Waals surface area contributed by atoms with Crippen LogP contribution in [0, 0.1) is 5.92 Å². The number of carbonyl (C=O) groups excluding carboxylic acids is 1. The number of amides is 1. The first-order chi connectivity index (χ1) is 13.8. The number of anilines is 1. The molecule has 0 unspecified atom stereocenters. The second kappa shape index (κ2) is 10.5. The molecule has 0 saturated heterocycles. The maximum absolute atomic E-state index is 12.7. The molecule has 2 N–H and O–H groups in total. The zero-order valence-corrected chi connectivity index (χ0v) is 18.4. The molecular weight excluding hydrogens is 412 g/mol. The predicted octanol–water partition coefficient (Wildman–Crippen LogP) is 4.71. The molecule has 0 aliphatic heterocycles. The number of sulfonamides is 1. The van der Waals surface area contributed by atoms with Crippen LogP contribution < -0.4 is 14.8 Å². The molecule has 1 amide bonds. The summed E-state index contributed by atoms with van der Waals surface area (Å²) in [5, 5.41) is 3.04. The Morgan fingerprint density at radius 2 is 1.72 bits per heavy atom. The van der Waals surface area contributed by atoms with E-state index in [1.54, 1.807) is 24.3 Å². The van der Waals surface area contributed by atoms with Gasteiger partial charge in [0.15, 0.2) is 0 Å². The van der Waals surface area contributed by atoms with Crippen LogP contribution in [0.3, 0.4) is 0 Å². The summed E-state index contributed by atoms with van der Waals surface area (Å²) in [6.45, 7) is 7.04. The smallest absolute Gasteiger partial charge is 0.261 e. The molecule has 0 radical (unpaired) electrons. The van der Waals surface area contributed by atoms with Crippen molar-refractivity contribution in [2.24, 2.45) is 5.92 Å². The zero-order chi connectivity index (χ0) is 21.4. The minimum atomic E-state index is -3.88. The van der Waals surface area contributed by atoms with Gasteiger partial charge in [-0.05, 0) is 55.3 Å². The van der Waals surface area contributed by atoms with Gasteiger partial charge in [0.1, 0.15) is 5.75 Å². The summed E-state index contributed by atoms with van der Waals surface area (Å²) in [5.74, 6) is 0.629. The summed E-state index contributed by atoms with van der Waals surface area (Å²) in [6, 6.07) is 10.7. The second-order valence-corrected chi connectivity index (χ2v) is 8.69. The molecule has 2 aromatic carbocycles. The van der Waals surface area contributed by atoms with Crippen LogP contribution in [0.25, 0.3) is 0 Å². The number of halogens is 1. The highest BCUT2D eigenvalue weighted by atomic mass is 35.5. The van der Waals surface area contributed by atoms with Gasteiger partial charge in [0.25, 0.3) is 15.9 Å². The van der Waals surface area contributed by atoms with Crippen molar-refractivity contribution < 1.29 is 17.9 Å². The molecule has 2 aromatic rings. The van der Waals surface area contributed by atoms with Gasteiger partial charge in [-0.2, -0.15) is 0 Å². The Balaban J connectivity index is 2.18. The molecule has 29 heavy (non-hydrogen) atoms. The van der Waals surface area contributed by atoms with E-state index < -0.39 is 10.0 Å². The first kappa shape index (κ1) is 23.0. The van der Waals surface area contributed by atoms with Crippen LogP contribution in [0.5, 0.6) is 5.75 Å². The zero-order valence-electron chi connectivity index (χ0n) is 16.9. The van der Waals surface area contributed by atoms with Gasteiger partial charge in [-0.3, -0.25) is 9.52 Å². The van der Waals surface area contributed by atoms with Crippen molar-refractivity contribution >= 4 is 33.2 Å². The van der Waals surface area contributed by atoms with E-state index in [0.29, 0.717) is 30.5 Å². The highest BCUT2D eigenvalue weighted by molar-refractivity contribution is 7.92. The number of rotatable bonds is 10. The highest BCUT2D eigenvalue weighted by Gasteiger charge is 2.19. The fourth-order valence-corrected chi connectivity index (χ4v) is 4.04. The van der Waals surface area contributed by atoms with E-state index in [1.165, 1.54) is 18.2 Å². The first-order valence-corrected chi connectivity index (χ1v) is 11.5. The Labute approximate surface area is 177 Å². The normalized spacial score (nSPS) is 11.3. The lowest BCUT2D eigenvalue weighted by Crippen LogP contribution is -2.29. The lowest BCUT2D eigenvalue weighted by Gasteiger charge is -2.14. The average molecular weight is 439 g/mol. The van der Waals surface area contributed by atoms with Crippen molar-refractivity contribution in [2.75, 3.05) is 17.9 Å². The first-order valence-electron chi connectivity index (χ1n) is 9.64. The maximum Gasteiger partial charge on any atom is 0.261 e. The molecule has 2 rings (SSSR count). The van der Waals surface area contributed by atoms with Gasteiger partial charge in [-0.15, -0.1) is 0 Å². The van der Waals surface area contributed by atoms with Gasteiger partial charge in [0, 0.05) is 12.2 Å². The van der Waals surface area contributed by atoms with Crippen LogP contribution in [0.15, 0.2) is 47.4 Å². The number of ether oxygens (including phenoxy) is 1. The van der Waals surface area contributed by atoms with E-state index in [2.05, 4.69) is 23.9 Å². The molecule has 0 spiro atoms. The Morgan fingerprint density at radius 3 is 2.31 bits per heavy atom.